The monoisotopic (exact) mass is 379 g/mol. The average molecular weight is 379 g/mol. The van der Waals surface area contributed by atoms with E-state index >= 15 is 0 Å². The van der Waals surface area contributed by atoms with Crippen LogP contribution in [-0.4, -0.2) is 24.2 Å². The molecule has 7 heteroatoms. The fourth-order valence-corrected chi connectivity index (χ4v) is 2.91. The van der Waals surface area contributed by atoms with E-state index in [9.17, 15) is 18.4 Å². The van der Waals surface area contributed by atoms with Gasteiger partial charge in [0.15, 0.2) is 18.2 Å². The van der Waals surface area contributed by atoms with E-state index in [1.54, 1.807) is 12.1 Å². The van der Waals surface area contributed by atoms with Gasteiger partial charge in [-0.1, -0.05) is 19.1 Å². The van der Waals surface area contributed by atoms with Gasteiger partial charge < -0.3 is 10.1 Å². The second-order valence-corrected chi connectivity index (χ2v) is 6.60. The number of halogens is 2. The van der Waals surface area contributed by atoms with Crippen LogP contribution < -0.4 is 5.32 Å². The summed E-state index contributed by atoms with van der Waals surface area (Å²) in [5.41, 5.74) is 1.80. The quantitative estimate of drug-likeness (QED) is 0.552. The topological polar surface area (TPSA) is 55.4 Å². The third-order valence-electron chi connectivity index (χ3n) is 3.48. The lowest BCUT2D eigenvalue weighted by atomic mass is 10.1. The summed E-state index contributed by atoms with van der Waals surface area (Å²) in [5.74, 6) is -2.46. The highest BCUT2D eigenvalue weighted by molar-refractivity contribution is 7.99. The molecule has 0 atom stereocenters. The van der Waals surface area contributed by atoms with Crippen LogP contribution in [-0.2, 0) is 20.7 Å². The Labute approximate surface area is 154 Å². The van der Waals surface area contributed by atoms with Crippen molar-refractivity contribution in [2.45, 2.75) is 24.7 Å². The SMILES string of the molecule is CCc1ccc(NC(=O)COC(=O)CCSc2ccc(F)c(F)c2)cc1. The number of esters is 1. The molecule has 0 unspecified atom stereocenters. The Kier molecular flexibility index (Phi) is 7.59. The van der Waals surface area contributed by atoms with Crippen LogP contribution in [0.5, 0.6) is 0 Å². The number of benzene rings is 2. The van der Waals surface area contributed by atoms with Crippen molar-refractivity contribution in [3.05, 3.63) is 59.7 Å². The number of thioether (sulfide) groups is 1. The molecule has 0 aliphatic carbocycles. The molecule has 4 nitrogen and oxygen atoms in total. The number of nitrogens with one attached hydrogen (secondary N) is 1. The molecule has 138 valence electrons. The maximum Gasteiger partial charge on any atom is 0.307 e. The minimum absolute atomic E-state index is 0.0577. The maximum absolute atomic E-state index is 13.1. The molecule has 1 N–H and O–H groups in total. The zero-order chi connectivity index (χ0) is 18.9. The summed E-state index contributed by atoms with van der Waals surface area (Å²) in [5, 5.41) is 2.64. The minimum atomic E-state index is -0.929. The van der Waals surface area contributed by atoms with Crippen molar-refractivity contribution in [2.24, 2.45) is 0 Å². The number of rotatable bonds is 8. The highest BCUT2D eigenvalue weighted by Crippen LogP contribution is 2.21. The lowest BCUT2D eigenvalue weighted by Crippen LogP contribution is -2.21. The van der Waals surface area contributed by atoms with Crippen LogP contribution in [0.15, 0.2) is 47.4 Å². The van der Waals surface area contributed by atoms with Crippen LogP contribution in [0.4, 0.5) is 14.5 Å². The molecule has 0 saturated heterocycles. The molecule has 0 spiro atoms. The number of amides is 1. The van der Waals surface area contributed by atoms with Gasteiger partial charge in [0.1, 0.15) is 0 Å². The Balaban J connectivity index is 1.67. The summed E-state index contributed by atoms with van der Waals surface area (Å²) < 4.78 is 30.8. The van der Waals surface area contributed by atoms with Crippen LogP contribution in [0.3, 0.4) is 0 Å². The van der Waals surface area contributed by atoms with E-state index in [0.29, 0.717) is 16.3 Å². The van der Waals surface area contributed by atoms with E-state index in [0.717, 1.165) is 24.1 Å². The number of anilines is 1. The Morgan fingerprint density at radius 1 is 1.08 bits per heavy atom. The summed E-state index contributed by atoms with van der Waals surface area (Å²) in [6.45, 7) is 1.67. The fraction of sp³-hybridized carbons (Fsp3) is 0.263. The van der Waals surface area contributed by atoms with Crippen LogP contribution in [0.1, 0.15) is 18.9 Å². The van der Waals surface area contributed by atoms with Gasteiger partial charge in [-0.05, 0) is 42.3 Å². The molecule has 2 aromatic carbocycles. The predicted octanol–water partition coefficient (Wildman–Crippen LogP) is 4.19. The largest absolute Gasteiger partial charge is 0.456 e. The number of hydrogen-bond donors (Lipinski definition) is 1. The molecule has 2 rings (SSSR count). The van der Waals surface area contributed by atoms with Gasteiger partial charge in [0.2, 0.25) is 0 Å². The summed E-state index contributed by atoms with van der Waals surface area (Å²) in [4.78, 5) is 23.9. The van der Waals surface area contributed by atoms with Crippen molar-refractivity contribution < 1.29 is 23.1 Å². The second kappa shape index (κ2) is 9.91. The molecule has 2 aromatic rings. The first kappa shape index (κ1) is 19.9. The molecule has 26 heavy (non-hydrogen) atoms. The molecule has 0 radical (unpaired) electrons. The van der Waals surface area contributed by atoms with E-state index in [2.05, 4.69) is 5.32 Å². The Bertz CT molecular complexity index is 766. The van der Waals surface area contributed by atoms with Crippen molar-refractivity contribution in [2.75, 3.05) is 17.7 Å². The Hall–Kier alpha value is -2.41. The van der Waals surface area contributed by atoms with Crippen molar-refractivity contribution >= 4 is 29.3 Å². The number of hydrogen-bond acceptors (Lipinski definition) is 4. The van der Waals surface area contributed by atoms with Crippen LogP contribution in [0.2, 0.25) is 0 Å². The molecule has 0 heterocycles. The number of ether oxygens (including phenoxy) is 1. The molecular formula is C19H19F2NO3S. The smallest absolute Gasteiger partial charge is 0.307 e. The summed E-state index contributed by atoms with van der Waals surface area (Å²) in [7, 11) is 0. The van der Waals surface area contributed by atoms with Crippen molar-refractivity contribution in [3.63, 3.8) is 0 Å². The first-order valence-electron chi connectivity index (χ1n) is 8.10. The van der Waals surface area contributed by atoms with Gasteiger partial charge >= 0.3 is 5.97 Å². The van der Waals surface area contributed by atoms with Gasteiger partial charge in [0.05, 0.1) is 6.42 Å². The molecule has 1 amide bonds. The summed E-state index contributed by atoms with van der Waals surface area (Å²) >= 11 is 1.20. The van der Waals surface area contributed by atoms with Gasteiger partial charge in [0, 0.05) is 16.3 Å². The third kappa shape index (κ3) is 6.48. The number of aryl methyl sites for hydroxylation is 1. The standard InChI is InChI=1S/C19H19F2NO3S/c1-2-13-3-5-14(6-4-13)22-18(23)12-25-19(24)9-10-26-15-7-8-16(20)17(21)11-15/h3-8,11H,2,9-10,12H2,1H3,(H,22,23). The van der Waals surface area contributed by atoms with Crippen LogP contribution >= 0.6 is 11.8 Å². The van der Waals surface area contributed by atoms with Crippen LogP contribution in [0, 0.1) is 11.6 Å². The highest BCUT2D eigenvalue weighted by atomic mass is 32.2. The maximum atomic E-state index is 13.1. The Morgan fingerprint density at radius 3 is 2.46 bits per heavy atom. The molecular weight excluding hydrogens is 360 g/mol. The van der Waals surface area contributed by atoms with Crippen molar-refractivity contribution in [3.8, 4) is 0 Å². The van der Waals surface area contributed by atoms with Crippen molar-refractivity contribution in [1.29, 1.82) is 0 Å². The minimum Gasteiger partial charge on any atom is -0.456 e. The molecule has 0 aliphatic rings. The first-order valence-corrected chi connectivity index (χ1v) is 9.08. The lowest BCUT2D eigenvalue weighted by Gasteiger charge is -2.07. The second-order valence-electron chi connectivity index (χ2n) is 5.43. The average Bonchev–Trinajstić information content (AvgIpc) is 2.63. The number of carbonyl (C=O) groups is 2. The molecule has 0 aliphatic heterocycles. The molecule has 0 bridgehead atoms. The van der Waals surface area contributed by atoms with Gasteiger partial charge in [-0.15, -0.1) is 11.8 Å². The van der Waals surface area contributed by atoms with Gasteiger partial charge in [-0.2, -0.15) is 0 Å². The third-order valence-corrected chi connectivity index (χ3v) is 4.47. The van der Waals surface area contributed by atoms with E-state index in [1.165, 1.54) is 17.8 Å². The summed E-state index contributed by atoms with van der Waals surface area (Å²) in [6, 6.07) is 10.9. The van der Waals surface area contributed by atoms with Gasteiger partial charge in [0.25, 0.3) is 5.91 Å². The van der Waals surface area contributed by atoms with Gasteiger partial charge in [-0.25, -0.2) is 8.78 Å². The zero-order valence-corrected chi connectivity index (χ0v) is 15.1. The first-order chi connectivity index (χ1) is 12.5. The van der Waals surface area contributed by atoms with E-state index in [1.807, 2.05) is 19.1 Å². The lowest BCUT2D eigenvalue weighted by molar-refractivity contribution is -0.146. The van der Waals surface area contributed by atoms with Gasteiger partial charge in [-0.3, -0.25) is 9.59 Å². The predicted molar refractivity (Wildman–Crippen MR) is 97.1 cm³/mol. The zero-order valence-electron chi connectivity index (χ0n) is 14.3. The molecule has 0 saturated carbocycles. The number of carbonyl (C=O) groups excluding carboxylic acids is 2. The van der Waals surface area contributed by atoms with E-state index < -0.39 is 23.5 Å². The molecule has 0 aromatic heterocycles. The molecule has 0 fully saturated rings. The summed E-state index contributed by atoms with van der Waals surface area (Å²) in [6.07, 6.45) is 0.969. The van der Waals surface area contributed by atoms with E-state index in [-0.39, 0.29) is 13.0 Å². The Morgan fingerprint density at radius 2 is 1.81 bits per heavy atom. The fourth-order valence-electron chi connectivity index (χ4n) is 2.06. The van der Waals surface area contributed by atoms with Crippen LogP contribution in [0.25, 0.3) is 0 Å². The van der Waals surface area contributed by atoms with Crippen molar-refractivity contribution in [1.82, 2.24) is 0 Å². The van der Waals surface area contributed by atoms with E-state index in [4.69, 9.17) is 4.74 Å². The normalized spacial score (nSPS) is 10.4. The highest BCUT2D eigenvalue weighted by Gasteiger charge is 2.09.